The monoisotopic (exact) mass is 208 g/mol. The zero-order chi connectivity index (χ0) is 11.0. The number of carbonyl (C=O) groups excluding carboxylic acids is 1. The number of aliphatic hydroxyl groups is 1. The summed E-state index contributed by atoms with van der Waals surface area (Å²) in [5.74, 6) is 0.0159. The summed E-state index contributed by atoms with van der Waals surface area (Å²) in [6.07, 6.45) is 2.27. The molecule has 0 spiro atoms. The minimum atomic E-state index is -0.352. The molecule has 4 heteroatoms. The molecular formula is C11H16N2O2. The predicted octanol–water partition coefficient (Wildman–Crippen LogP) is 0.540. The number of likely N-dealkylation sites (tertiary alicyclic amines) is 1. The van der Waals surface area contributed by atoms with Crippen molar-refractivity contribution in [2.24, 2.45) is 7.05 Å². The van der Waals surface area contributed by atoms with Gasteiger partial charge in [-0.3, -0.25) is 4.79 Å². The molecule has 1 fully saturated rings. The molecule has 1 N–H and O–H groups in total. The highest BCUT2D eigenvalue weighted by Crippen LogP contribution is 2.14. The number of amides is 1. The molecule has 0 aliphatic carbocycles. The highest BCUT2D eigenvalue weighted by Gasteiger charge is 2.26. The first-order valence-electron chi connectivity index (χ1n) is 5.18. The van der Waals surface area contributed by atoms with E-state index in [2.05, 4.69) is 0 Å². The van der Waals surface area contributed by atoms with Crippen molar-refractivity contribution >= 4 is 5.91 Å². The lowest BCUT2D eigenvalue weighted by Gasteiger charge is -2.15. The predicted molar refractivity (Wildman–Crippen MR) is 56.7 cm³/mol. The maximum atomic E-state index is 12.0. The van der Waals surface area contributed by atoms with Crippen molar-refractivity contribution in [3.8, 4) is 0 Å². The number of hydrogen-bond donors (Lipinski definition) is 1. The van der Waals surface area contributed by atoms with Crippen molar-refractivity contribution in [2.45, 2.75) is 19.4 Å². The summed E-state index contributed by atoms with van der Waals surface area (Å²) in [5.41, 5.74) is 1.78. The molecule has 0 aromatic carbocycles. The van der Waals surface area contributed by atoms with Gasteiger partial charge in [-0.1, -0.05) is 0 Å². The van der Waals surface area contributed by atoms with Gasteiger partial charge in [-0.15, -0.1) is 0 Å². The first kappa shape index (κ1) is 10.2. The van der Waals surface area contributed by atoms with Crippen molar-refractivity contribution in [3.05, 3.63) is 23.5 Å². The van der Waals surface area contributed by atoms with Crippen LogP contribution in [0.5, 0.6) is 0 Å². The molecule has 2 rings (SSSR count). The summed E-state index contributed by atoms with van der Waals surface area (Å²) in [5, 5.41) is 9.37. The van der Waals surface area contributed by atoms with E-state index in [1.54, 1.807) is 4.90 Å². The van der Waals surface area contributed by atoms with Crippen LogP contribution in [0.2, 0.25) is 0 Å². The van der Waals surface area contributed by atoms with Gasteiger partial charge >= 0.3 is 0 Å². The van der Waals surface area contributed by atoms with Gasteiger partial charge in [0.2, 0.25) is 0 Å². The van der Waals surface area contributed by atoms with E-state index in [-0.39, 0.29) is 12.0 Å². The highest BCUT2D eigenvalue weighted by atomic mass is 16.3. The zero-order valence-corrected chi connectivity index (χ0v) is 9.10. The summed E-state index contributed by atoms with van der Waals surface area (Å²) in [4.78, 5) is 13.7. The number of rotatable bonds is 1. The number of aryl methyl sites for hydroxylation is 2. The molecule has 1 amide bonds. The lowest BCUT2D eigenvalue weighted by molar-refractivity contribution is 0.0755. The largest absolute Gasteiger partial charge is 0.391 e. The van der Waals surface area contributed by atoms with Crippen LogP contribution in [0.4, 0.5) is 0 Å². The molecule has 82 valence electrons. The molecule has 2 heterocycles. The van der Waals surface area contributed by atoms with Crippen LogP contribution in [0, 0.1) is 6.92 Å². The van der Waals surface area contributed by atoms with Gasteiger partial charge in [-0.05, 0) is 25.0 Å². The Balaban J connectivity index is 2.17. The zero-order valence-electron chi connectivity index (χ0n) is 9.10. The van der Waals surface area contributed by atoms with E-state index in [0.717, 1.165) is 5.56 Å². The summed E-state index contributed by atoms with van der Waals surface area (Å²) in [6, 6.07) is 1.88. The van der Waals surface area contributed by atoms with Gasteiger partial charge in [0.25, 0.3) is 5.91 Å². The Hall–Kier alpha value is -1.29. The van der Waals surface area contributed by atoms with Crippen LogP contribution in [-0.4, -0.2) is 39.7 Å². The van der Waals surface area contributed by atoms with E-state index in [1.165, 1.54) is 0 Å². The van der Waals surface area contributed by atoms with Crippen molar-refractivity contribution in [3.63, 3.8) is 0 Å². The maximum Gasteiger partial charge on any atom is 0.270 e. The molecule has 1 saturated heterocycles. The Bertz CT molecular complexity index is 384. The molecule has 0 bridgehead atoms. The molecule has 1 aromatic heterocycles. The van der Waals surface area contributed by atoms with E-state index in [9.17, 15) is 9.90 Å². The Labute approximate surface area is 89.1 Å². The van der Waals surface area contributed by atoms with Crippen LogP contribution < -0.4 is 0 Å². The van der Waals surface area contributed by atoms with Crippen LogP contribution in [-0.2, 0) is 7.05 Å². The molecule has 1 atom stereocenters. The summed E-state index contributed by atoms with van der Waals surface area (Å²) in [7, 11) is 1.87. The molecule has 1 aromatic rings. The highest BCUT2D eigenvalue weighted by molar-refractivity contribution is 5.93. The van der Waals surface area contributed by atoms with Gasteiger partial charge < -0.3 is 14.6 Å². The summed E-state index contributed by atoms with van der Waals surface area (Å²) >= 11 is 0. The third-order valence-corrected chi connectivity index (χ3v) is 2.81. The van der Waals surface area contributed by atoms with Crippen molar-refractivity contribution in [2.75, 3.05) is 13.1 Å². The lowest BCUT2D eigenvalue weighted by Crippen LogP contribution is -2.30. The van der Waals surface area contributed by atoms with Crippen molar-refractivity contribution in [1.82, 2.24) is 9.47 Å². The third-order valence-electron chi connectivity index (χ3n) is 2.81. The van der Waals surface area contributed by atoms with Crippen LogP contribution in [0.1, 0.15) is 22.5 Å². The quantitative estimate of drug-likeness (QED) is 0.732. The van der Waals surface area contributed by atoms with Crippen molar-refractivity contribution < 1.29 is 9.90 Å². The maximum absolute atomic E-state index is 12.0. The van der Waals surface area contributed by atoms with Gasteiger partial charge in [0, 0.05) is 26.3 Å². The number of hydrogen-bond acceptors (Lipinski definition) is 2. The normalized spacial score (nSPS) is 21.0. The summed E-state index contributed by atoms with van der Waals surface area (Å²) in [6.45, 7) is 3.09. The van der Waals surface area contributed by atoms with Gasteiger partial charge in [0.1, 0.15) is 5.69 Å². The molecule has 1 aliphatic rings. The van der Waals surface area contributed by atoms with E-state index in [4.69, 9.17) is 0 Å². The van der Waals surface area contributed by atoms with E-state index < -0.39 is 0 Å². The second kappa shape index (κ2) is 3.70. The van der Waals surface area contributed by atoms with Crippen LogP contribution >= 0.6 is 0 Å². The minimum Gasteiger partial charge on any atom is -0.391 e. The van der Waals surface area contributed by atoms with E-state index in [1.807, 2.05) is 30.8 Å². The van der Waals surface area contributed by atoms with Crippen molar-refractivity contribution in [1.29, 1.82) is 0 Å². The number of β-amino-alcohol motifs (C(OH)–C–C–N with tert-alkyl or cyclic N) is 1. The lowest BCUT2D eigenvalue weighted by atomic mass is 10.3. The second-order valence-electron chi connectivity index (χ2n) is 4.21. The van der Waals surface area contributed by atoms with Gasteiger partial charge in [-0.25, -0.2) is 0 Å². The molecule has 15 heavy (non-hydrogen) atoms. The fourth-order valence-corrected chi connectivity index (χ4v) is 2.03. The molecule has 4 nitrogen and oxygen atoms in total. The standard InChI is InChI=1S/C11H16N2O2/c1-8-5-10(12(2)6-8)11(15)13-4-3-9(14)7-13/h5-6,9,14H,3-4,7H2,1-2H3. The number of carbonyl (C=O) groups is 1. The third kappa shape index (κ3) is 1.90. The average Bonchev–Trinajstić information content (AvgIpc) is 2.71. The fourth-order valence-electron chi connectivity index (χ4n) is 2.03. The number of aliphatic hydroxyl groups excluding tert-OH is 1. The smallest absolute Gasteiger partial charge is 0.270 e. The van der Waals surface area contributed by atoms with E-state index in [0.29, 0.717) is 25.2 Å². The second-order valence-corrected chi connectivity index (χ2v) is 4.21. The Kier molecular flexibility index (Phi) is 2.52. The molecule has 0 radical (unpaired) electrons. The number of nitrogens with zero attached hydrogens (tertiary/aromatic N) is 2. The summed E-state index contributed by atoms with van der Waals surface area (Å²) < 4.78 is 1.84. The Morgan fingerprint density at radius 1 is 1.60 bits per heavy atom. The molecular weight excluding hydrogens is 192 g/mol. The molecule has 1 aliphatic heterocycles. The topological polar surface area (TPSA) is 45.5 Å². The first-order valence-corrected chi connectivity index (χ1v) is 5.18. The van der Waals surface area contributed by atoms with Crippen LogP contribution in [0.15, 0.2) is 12.3 Å². The fraction of sp³-hybridized carbons (Fsp3) is 0.545. The van der Waals surface area contributed by atoms with E-state index >= 15 is 0 Å². The average molecular weight is 208 g/mol. The Morgan fingerprint density at radius 2 is 2.33 bits per heavy atom. The molecule has 1 unspecified atom stereocenters. The molecule has 0 saturated carbocycles. The minimum absolute atomic E-state index is 0.0159. The SMILES string of the molecule is Cc1cc(C(=O)N2CCC(O)C2)n(C)c1. The first-order chi connectivity index (χ1) is 7.08. The van der Waals surface area contributed by atoms with Gasteiger partial charge in [-0.2, -0.15) is 0 Å². The Morgan fingerprint density at radius 3 is 2.80 bits per heavy atom. The van der Waals surface area contributed by atoms with Gasteiger partial charge in [0.05, 0.1) is 6.10 Å². The van der Waals surface area contributed by atoms with Crippen LogP contribution in [0.25, 0.3) is 0 Å². The van der Waals surface area contributed by atoms with Gasteiger partial charge in [0.15, 0.2) is 0 Å². The number of aromatic nitrogens is 1. The van der Waals surface area contributed by atoms with Crippen LogP contribution in [0.3, 0.4) is 0 Å².